The summed E-state index contributed by atoms with van der Waals surface area (Å²) in [5.41, 5.74) is 7.75. The molecule has 4 rings (SSSR count). The molecular weight excluding hydrogens is 440 g/mol. The molecule has 0 heterocycles. The highest BCUT2D eigenvalue weighted by atomic mass is 79.9. The summed E-state index contributed by atoms with van der Waals surface area (Å²) in [7, 11) is 0. The van der Waals surface area contributed by atoms with Crippen LogP contribution in [-0.4, -0.2) is 22.6 Å². The van der Waals surface area contributed by atoms with Crippen LogP contribution in [0.25, 0.3) is 0 Å². The summed E-state index contributed by atoms with van der Waals surface area (Å²) in [4.78, 5) is 12.5. The Labute approximate surface area is 190 Å². The van der Waals surface area contributed by atoms with Gasteiger partial charge in [0.25, 0.3) is 0 Å². The van der Waals surface area contributed by atoms with Crippen molar-refractivity contribution in [3.63, 3.8) is 0 Å². The highest BCUT2D eigenvalue weighted by molar-refractivity contribution is 9.09. The number of carbonyl (C=O) groups excluding carboxylic acids is 1. The summed E-state index contributed by atoms with van der Waals surface area (Å²) in [5.74, 6) is 2.63. The van der Waals surface area contributed by atoms with E-state index in [4.69, 9.17) is 15.9 Å². The predicted octanol–water partition coefficient (Wildman–Crippen LogP) is 5.98. The highest BCUT2D eigenvalue weighted by Gasteiger charge is 2.65. The lowest BCUT2D eigenvalue weighted by molar-refractivity contribution is -0.183. The van der Waals surface area contributed by atoms with Crippen molar-refractivity contribution in [3.05, 3.63) is 11.8 Å². The Kier molecular flexibility index (Phi) is 5.91. The van der Waals surface area contributed by atoms with Gasteiger partial charge in [-0.3, -0.25) is 4.79 Å². The minimum absolute atomic E-state index is 0.0277. The van der Waals surface area contributed by atoms with Gasteiger partial charge in [-0.2, -0.15) is 0 Å². The molecule has 0 aliphatic heterocycles. The molecule has 0 amide bonds. The Balaban J connectivity index is 1.56. The van der Waals surface area contributed by atoms with Crippen molar-refractivity contribution in [2.45, 2.75) is 90.6 Å². The molecule has 3 N–H and O–H groups in total. The molecule has 4 saturated carbocycles. The van der Waals surface area contributed by atoms with Crippen LogP contribution in [0.1, 0.15) is 85.0 Å². The van der Waals surface area contributed by atoms with Gasteiger partial charge >= 0.3 is 5.97 Å². The smallest absolute Gasteiger partial charge is 0.306 e. The number of hydrogen-bond donors (Lipinski definition) is 2. The Bertz CT molecular complexity index is 751. The third-order valence-corrected chi connectivity index (χ3v) is 10.6. The van der Waals surface area contributed by atoms with Crippen LogP contribution in [0.3, 0.4) is 0 Å². The van der Waals surface area contributed by atoms with Gasteiger partial charge in [-0.05, 0) is 106 Å². The van der Waals surface area contributed by atoms with E-state index in [1.54, 1.807) is 6.20 Å². The number of ether oxygens (including phenoxy) is 1. The van der Waals surface area contributed by atoms with E-state index in [-0.39, 0.29) is 22.4 Å². The average molecular weight is 480 g/mol. The second-order valence-corrected chi connectivity index (χ2v) is 12.0. The van der Waals surface area contributed by atoms with Crippen LogP contribution in [0, 0.1) is 39.9 Å². The molecule has 168 valence electrons. The Hall–Kier alpha value is -0.840. The number of fused-ring (bicyclic) bond motifs is 5. The Morgan fingerprint density at radius 1 is 1.20 bits per heavy atom. The van der Waals surface area contributed by atoms with Crippen molar-refractivity contribution in [3.8, 4) is 0 Å². The SMILES string of the molecule is C[C@]12C/C(=C/N)C(=N)CC1CCC1C2CC[C@@]2(C)C1CC[C@]2(C)OC(=O)CCCBr. The first kappa shape index (κ1) is 22.4. The largest absolute Gasteiger partial charge is 0.459 e. The number of halogens is 1. The number of nitrogens with one attached hydrogen (secondary N) is 1. The molecule has 4 fully saturated rings. The number of hydrogen-bond acceptors (Lipinski definition) is 4. The topological polar surface area (TPSA) is 76.2 Å². The first-order chi connectivity index (χ1) is 14.2. The lowest BCUT2D eigenvalue weighted by Gasteiger charge is -2.61. The van der Waals surface area contributed by atoms with Gasteiger partial charge in [-0.25, -0.2) is 0 Å². The average Bonchev–Trinajstić information content (AvgIpc) is 2.97. The first-order valence-corrected chi connectivity index (χ1v) is 13.1. The first-order valence-electron chi connectivity index (χ1n) is 11.9. The summed E-state index contributed by atoms with van der Waals surface area (Å²) >= 11 is 3.42. The van der Waals surface area contributed by atoms with E-state index in [0.717, 1.165) is 48.7 Å². The lowest BCUT2D eigenvalue weighted by atomic mass is 9.44. The highest BCUT2D eigenvalue weighted by Crippen LogP contribution is 2.68. The van der Waals surface area contributed by atoms with Crippen LogP contribution in [0.4, 0.5) is 0 Å². The van der Waals surface area contributed by atoms with Gasteiger partial charge in [0.15, 0.2) is 0 Å². The molecule has 0 radical (unpaired) electrons. The zero-order valence-corrected chi connectivity index (χ0v) is 20.5. The number of alkyl halides is 1. The minimum Gasteiger partial charge on any atom is -0.459 e. The quantitative estimate of drug-likeness (QED) is 0.385. The normalized spacial score (nSPS) is 46.8. The minimum atomic E-state index is -0.333. The monoisotopic (exact) mass is 478 g/mol. The van der Waals surface area contributed by atoms with Crippen LogP contribution in [0.5, 0.6) is 0 Å². The number of esters is 1. The van der Waals surface area contributed by atoms with Gasteiger partial charge in [0.2, 0.25) is 0 Å². The van der Waals surface area contributed by atoms with Crippen molar-refractivity contribution >= 4 is 27.6 Å². The third kappa shape index (κ3) is 3.29. The van der Waals surface area contributed by atoms with Crippen LogP contribution in [0.2, 0.25) is 0 Å². The standard InChI is InChI=1S/C25H39BrN2O2/c1-23-14-16(15-27)21(28)13-17(23)6-7-18-19(23)8-10-24(2)20(18)9-11-25(24,3)30-22(29)5-4-12-26/h15,17-20,28H,4-14,27H2,1-3H3/b16-15-,28-21?/t17?,18?,19?,20?,23-,24-,25-/m0/s1. The summed E-state index contributed by atoms with van der Waals surface area (Å²) in [6.45, 7) is 7.11. The van der Waals surface area contributed by atoms with E-state index >= 15 is 0 Å². The summed E-state index contributed by atoms with van der Waals surface area (Å²) < 4.78 is 6.22. The molecule has 30 heavy (non-hydrogen) atoms. The van der Waals surface area contributed by atoms with Crippen LogP contribution >= 0.6 is 15.9 Å². The summed E-state index contributed by atoms with van der Waals surface area (Å²) in [5, 5.41) is 9.25. The Morgan fingerprint density at radius 3 is 2.63 bits per heavy atom. The fourth-order valence-corrected chi connectivity index (χ4v) is 8.39. The van der Waals surface area contributed by atoms with Gasteiger partial charge in [0.1, 0.15) is 5.60 Å². The van der Waals surface area contributed by atoms with Gasteiger partial charge in [0, 0.05) is 22.9 Å². The van der Waals surface area contributed by atoms with Gasteiger partial charge in [-0.15, -0.1) is 0 Å². The molecule has 0 aromatic carbocycles. The fourth-order valence-electron chi connectivity index (χ4n) is 8.11. The molecule has 4 nitrogen and oxygen atoms in total. The van der Waals surface area contributed by atoms with Gasteiger partial charge < -0.3 is 15.9 Å². The molecule has 7 atom stereocenters. The van der Waals surface area contributed by atoms with Gasteiger partial charge in [-0.1, -0.05) is 29.8 Å². The summed E-state index contributed by atoms with van der Waals surface area (Å²) in [6, 6.07) is 0. The Morgan fingerprint density at radius 2 is 1.93 bits per heavy atom. The van der Waals surface area contributed by atoms with Gasteiger partial charge in [0.05, 0.1) is 0 Å². The van der Waals surface area contributed by atoms with E-state index in [9.17, 15) is 4.79 Å². The van der Waals surface area contributed by atoms with Crippen molar-refractivity contribution in [2.24, 2.45) is 40.2 Å². The van der Waals surface area contributed by atoms with E-state index in [1.165, 1.54) is 25.7 Å². The number of allylic oxidation sites excluding steroid dienone is 1. The summed E-state index contributed by atoms with van der Waals surface area (Å²) in [6.07, 6.45) is 11.9. The van der Waals surface area contributed by atoms with Crippen LogP contribution in [0.15, 0.2) is 11.8 Å². The third-order valence-electron chi connectivity index (χ3n) is 10.1. The molecule has 0 aromatic rings. The molecule has 4 unspecified atom stereocenters. The zero-order chi connectivity index (χ0) is 21.7. The second kappa shape index (κ2) is 7.94. The van der Waals surface area contributed by atoms with E-state index in [0.29, 0.717) is 30.1 Å². The lowest BCUT2D eigenvalue weighted by Crippen LogP contribution is -2.57. The maximum atomic E-state index is 12.5. The number of nitrogens with two attached hydrogens (primary N) is 1. The molecule has 0 saturated heterocycles. The van der Waals surface area contributed by atoms with Crippen LogP contribution in [-0.2, 0) is 9.53 Å². The fraction of sp³-hybridized carbons (Fsp3) is 0.840. The van der Waals surface area contributed by atoms with E-state index in [2.05, 4.69) is 36.7 Å². The van der Waals surface area contributed by atoms with Crippen molar-refractivity contribution in [1.29, 1.82) is 5.41 Å². The second-order valence-electron chi connectivity index (χ2n) is 11.2. The molecule has 0 bridgehead atoms. The van der Waals surface area contributed by atoms with Crippen molar-refractivity contribution < 1.29 is 9.53 Å². The maximum absolute atomic E-state index is 12.5. The molecule has 4 aliphatic rings. The molecular formula is C25H39BrN2O2. The molecule has 0 aromatic heterocycles. The molecule has 4 aliphatic carbocycles. The number of carbonyl (C=O) groups is 1. The van der Waals surface area contributed by atoms with Crippen molar-refractivity contribution in [1.82, 2.24) is 0 Å². The van der Waals surface area contributed by atoms with E-state index in [1.807, 2.05) is 0 Å². The van der Waals surface area contributed by atoms with Crippen LogP contribution < -0.4 is 5.73 Å². The van der Waals surface area contributed by atoms with Crippen molar-refractivity contribution in [2.75, 3.05) is 5.33 Å². The molecule has 5 heteroatoms. The number of rotatable bonds is 4. The maximum Gasteiger partial charge on any atom is 0.306 e. The van der Waals surface area contributed by atoms with E-state index < -0.39 is 0 Å². The predicted molar refractivity (Wildman–Crippen MR) is 125 cm³/mol. The zero-order valence-electron chi connectivity index (χ0n) is 18.9. The molecule has 0 spiro atoms.